The zero-order valence-corrected chi connectivity index (χ0v) is 9.52. The standard InChI is InChI=1S/C9H10Br2/c1-7(10)6-8-4-2-3-5-9(8)11/h2-5,7H,6H2,1H3. The number of alkyl halides is 1. The number of hydrogen-bond acceptors (Lipinski definition) is 0. The van der Waals surface area contributed by atoms with E-state index in [1.165, 1.54) is 10.0 Å². The summed E-state index contributed by atoms with van der Waals surface area (Å²) in [5.41, 5.74) is 1.36. The van der Waals surface area contributed by atoms with Gasteiger partial charge in [0.1, 0.15) is 0 Å². The van der Waals surface area contributed by atoms with E-state index in [-0.39, 0.29) is 0 Å². The van der Waals surface area contributed by atoms with Gasteiger partial charge in [-0.3, -0.25) is 0 Å². The molecule has 0 saturated heterocycles. The number of halogens is 2. The van der Waals surface area contributed by atoms with E-state index in [0.717, 1.165) is 6.42 Å². The molecule has 0 aliphatic heterocycles. The molecular weight excluding hydrogens is 268 g/mol. The highest BCUT2D eigenvalue weighted by atomic mass is 79.9. The van der Waals surface area contributed by atoms with Crippen molar-refractivity contribution in [1.29, 1.82) is 0 Å². The average molecular weight is 278 g/mol. The molecule has 60 valence electrons. The van der Waals surface area contributed by atoms with Crippen LogP contribution in [-0.4, -0.2) is 4.83 Å². The van der Waals surface area contributed by atoms with Crippen molar-refractivity contribution in [2.24, 2.45) is 0 Å². The first-order valence-electron chi connectivity index (χ1n) is 3.57. The summed E-state index contributed by atoms with van der Waals surface area (Å²) in [6, 6.07) is 8.31. The summed E-state index contributed by atoms with van der Waals surface area (Å²) in [6.07, 6.45) is 1.07. The quantitative estimate of drug-likeness (QED) is 0.722. The summed E-state index contributed by atoms with van der Waals surface area (Å²) in [7, 11) is 0. The normalized spacial score (nSPS) is 13.0. The maximum absolute atomic E-state index is 3.52. The highest BCUT2D eigenvalue weighted by Crippen LogP contribution is 2.19. The van der Waals surface area contributed by atoms with Gasteiger partial charge in [0, 0.05) is 9.30 Å². The molecule has 0 nitrogen and oxygen atoms in total. The Labute approximate surface area is 84.3 Å². The Hall–Kier alpha value is 0.180. The number of rotatable bonds is 2. The third-order valence-corrected chi connectivity index (χ3v) is 2.56. The molecule has 2 heteroatoms. The van der Waals surface area contributed by atoms with Crippen LogP contribution in [0.25, 0.3) is 0 Å². The molecule has 1 rings (SSSR count). The minimum atomic E-state index is 0.543. The van der Waals surface area contributed by atoms with Gasteiger partial charge in [0.2, 0.25) is 0 Å². The minimum Gasteiger partial charge on any atom is -0.0890 e. The van der Waals surface area contributed by atoms with Crippen molar-refractivity contribution in [1.82, 2.24) is 0 Å². The van der Waals surface area contributed by atoms with Crippen LogP contribution in [0.1, 0.15) is 12.5 Å². The summed E-state index contributed by atoms with van der Waals surface area (Å²) >= 11 is 7.03. The Morgan fingerprint density at radius 3 is 2.55 bits per heavy atom. The zero-order valence-electron chi connectivity index (χ0n) is 6.35. The van der Waals surface area contributed by atoms with Crippen LogP contribution in [0, 0.1) is 0 Å². The molecule has 1 atom stereocenters. The lowest BCUT2D eigenvalue weighted by atomic mass is 10.1. The van der Waals surface area contributed by atoms with Crippen LogP contribution in [0.4, 0.5) is 0 Å². The third kappa shape index (κ3) is 2.96. The van der Waals surface area contributed by atoms with Gasteiger partial charge in [-0.25, -0.2) is 0 Å². The largest absolute Gasteiger partial charge is 0.0890 e. The molecule has 0 aliphatic carbocycles. The van der Waals surface area contributed by atoms with Gasteiger partial charge in [0.25, 0.3) is 0 Å². The molecule has 1 aromatic rings. The molecule has 0 aromatic heterocycles. The Kier molecular flexibility index (Phi) is 3.60. The molecule has 0 saturated carbocycles. The molecule has 0 spiro atoms. The van der Waals surface area contributed by atoms with E-state index in [0.29, 0.717) is 4.83 Å². The second-order valence-electron chi connectivity index (χ2n) is 2.58. The van der Waals surface area contributed by atoms with E-state index < -0.39 is 0 Å². The summed E-state index contributed by atoms with van der Waals surface area (Å²) in [6.45, 7) is 2.15. The predicted octanol–water partition coefficient (Wildman–Crippen LogP) is 3.78. The van der Waals surface area contributed by atoms with Crippen molar-refractivity contribution < 1.29 is 0 Å². The summed E-state index contributed by atoms with van der Waals surface area (Å²) < 4.78 is 1.20. The minimum absolute atomic E-state index is 0.543. The SMILES string of the molecule is CC(Br)Cc1ccccc1Br. The van der Waals surface area contributed by atoms with Crippen LogP contribution in [0.15, 0.2) is 28.7 Å². The molecule has 1 unspecified atom stereocenters. The zero-order chi connectivity index (χ0) is 8.27. The molecule has 0 fully saturated rings. The maximum Gasteiger partial charge on any atom is 0.0207 e. The van der Waals surface area contributed by atoms with Crippen LogP contribution in [0.2, 0.25) is 0 Å². The second-order valence-corrected chi connectivity index (χ2v) is 4.99. The average Bonchev–Trinajstić information content (AvgIpc) is 1.93. The molecule has 0 amide bonds. The van der Waals surface area contributed by atoms with Crippen molar-refractivity contribution in [3.05, 3.63) is 34.3 Å². The van der Waals surface area contributed by atoms with E-state index in [2.05, 4.69) is 57.0 Å². The summed E-state index contributed by atoms with van der Waals surface area (Å²) in [5.74, 6) is 0. The fourth-order valence-corrected chi connectivity index (χ4v) is 1.76. The van der Waals surface area contributed by atoms with Crippen molar-refractivity contribution in [3.8, 4) is 0 Å². The van der Waals surface area contributed by atoms with Crippen LogP contribution < -0.4 is 0 Å². The Morgan fingerprint density at radius 2 is 2.00 bits per heavy atom. The first-order chi connectivity index (χ1) is 5.20. The van der Waals surface area contributed by atoms with Gasteiger partial charge in [-0.15, -0.1) is 0 Å². The summed E-state index contributed by atoms with van der Waals surface area (Å²) in [5, 5.41) is 0. The van der Waals surface area contributed by atoms with Gasteiger partial charge >= 0.3 is 0 Å². The Bertz CT molecular complexity index is 231. The molecule has 0 bridgehead atoms. The van der Waals surface area contributed by atoms with Gasteiger partial charge in [-0.05, 0) is 18.1 Å². The van der Waals surface area contributed by atoms with Gasteiger partial charge in [-0.2, -0.15) is 0 Å². The fraction of sp³-hybridized carbons (Fsp3) is 0.333. The monoisotopic (exact) mass is 276 g/mol. The lowest BCUT2D eigenvalue weighted by Crippen LogP contribution is -1.96. The first kappa shape index (κ1) is 9.27. The highest BCUT2D eigenvalue weighted by Gasteiger charge is 2.01. The molecule has 0 radical (unpaired) electrons. The molecule has 11 heavy (non-hydrogen) atoms. The van der Waals surface area contributed by atoms with E-state index in [9.17, 15) is 0 Å². The Balaban J connectivity index is 2.78. The van der Waals surface area contributed by atoms with Crippen molar-refractivity contribution >= 4 is 31.9 Å². The van der Waals surface area contributed by atoms with Crippen LogP contribution >= 0.6 is 31.9 Å². The van der Waals surface area contributed by atoms with Crippen molar-refractivity contribution in [2.45, 2.75) is 18.2 Å². The first-order valence-corrected chi connectivity index (χ1v) is 5.28. The second kappa shape index (κ2) is 4.27. The van der Waals surface area contributed by atoms with Crippen LogP contribution in [0.3, 0.4) is 0 Å². The van der Waals surface area contributed by atoms with E-state index >= 15 is 0 Å². The van der Waals surface area contributed by atoms with Gasteiger partial charge in [0.15, 0.2) is 0 Å². The Morgan fingerprint density at radius 1 is 1.36 bits per heavy atom. The van der Waals surface area contributed by atoms with E-state index in [4.69, 9.17) is 0 Å². The van der Waals surface area contributed by atoms with E-state index in [1.807, 2.05) is 6.07 Å². The molecular formula is C9H10Br2. The van der Waals surface area contributed by atoms with Crippen LogP contribution in [-0.2, 0) is 6.42 Å². The molecule has 0 heterocycles. The van der Waals surface area contributed by atoms with Crippen molar-refractivity contribution in [3.63, 3.8) is 0 Å². The summed E-state index contributed by atoms with van der Waals surface area (Å²) in [4.78, 5) is 0.543. The number of hydrogen-bond donors (Lipinski definition) is 0. The third-order valence-electron chi connectivity index (χ3n) is 1.46. The fourth-order valence-electron chi connectivity index (χ4n) is 0.967. The topological polar surface area (TPSA) is 0 Å². The van der Waals surface area contributed by atoms with Gasteiger partial charge in [-0.1, -0.05) is 57.0 Å². The van der Waals surface area contributed by atoms with Gasteiger partial charge < -0.3 is 0 Å². The molecule has 1 aromatic carbocycles. The number of benzene rings is 1. The van der Waals surface area contributed by atoms with Crippen LogP contribution in [0.5, 0.6) is 0 Å². The van der Waals surface area contributed by atoms with Gasteiger partial charge in [0.05, 0.1) is 0 Å². The highest BCUT2D eigenvalue weighted by molar-refractivity contribution is 9.10. The lowest BCUT2D eigenvalue weighted by molar-refractivity contribution is 0.954. The lowest BCUT2D eigenvalue weighted by Gasteiger charge is -2.04. The van der Waals surface area contributed by atoms with Crippen molar-refractivity contribution in [2.75, 3.05) is 0 Å². The predicted molar refractivity (Wildman–Crippen MR) is 56.2 cm³/mol. The smallest absolute Gasteiger partial charge is 0.0207 e. The van der Waals surface area contributed by atoms with E-state index in [1.54, 1.807) is 0 Å². The maximum atomic E-state index is 3.52. The molecule has 0 aliphatic rings. The molecule has 0 N–H and O–H groups in total.